The third kappa shape index (κ3) is 3.66. The Hall–Kier alpha value is -1.86. The number of nitro benzene ring substituents is 1. The van der Waals surface area contributed by atoms with Crippen molar-refractivity contribution in [2.45, 2.75) is 6.92 Å². The average Bonchev–Trinajstić information content (AvgIpc) is 2.49. The molecule has 22 heavy (non-hydrogen) atoms. The molecule has 0 aliphatic carbocycles. The summed E-state index contributed by atoms with van der Waals surface area (Å²) < 4.78 is 0. The van der Waals surface area contributed by atoms with Crippen LogP contribution in [-0.4, -0.2) is 54.8 Å². The van der Waals surface area contributed by atoms with E-state index < -0.39 is 0 Å². The zero-order valence-electron chi connectivity index (χ0n) is 12.8. The third-order valence-electron chi connectivity index (χ3n) is 3.73. The van der Waals surface area contributed by atoms with E-state index in [0.717, 1.165) is 26.2 Å². The van der Waals surface area contributed by atoms with Crippen molar-refractivity contribution in [3.05, 3.63) is 27.8 Å². The van der Waals surface area contributed by atoms with Crippen molar-refractivity contribution in [2.75, 3.05) is 44.0 Å². The van der Waals surface area contributed by atoms with Gasteiger partial charge in [-0.3, -0.25) is 10.1 Å². The average molecular weight is 326 g/mol. The van der Waals surface area contributed by atoms with Gasteiger partial charge in [0.2, 0.25) is 0 Å². The summed E-state index contributed by atoms with van der Waals surface area (Å²) in [4.78, 5) is 19.5. The Kier molecular flexibility index (Phi) is 5.20. The summed E-state index contributed by atoms with van der Waals surface area (Å²) in [7, 11) is 2.04. The Morgan fingerprint density at radius 1 is 1.41 bits per heavy atom. The monoisotopic (exact) mass is 325 g/mol. The first kappa shape index (κ1) is 16.5. The normalized spacial score (nSPS) is 16.9. The van der Waals surface area contributed by atoms with E-state index in [1.165, 1.54) is 0 Å². The number of alkyl halides is 1. The lowest BCUT2D eigenvalue weighted by Gasteiger charge is -2.33. The van der Waals surface area contributed by atoms with E-state index in [4.69, 9.17) is 17.3 Å². The summed E-state index contributed by atoms with van der Waals surface area (Å²) in [6.45, 7) is 5.01. The summed E-state index contributed by atoms with van der Waals surface area (Å²) in [5, 5.41) is 11.4. The molecule has 0 radical (unpaired) electrons. The van der Waals surface area contributed by atoms with Crippen LogP contribution in [0.5, 0.6) is 0 Å². The molecule has 1 heterocycles. The molecule has 0 aromatic heterocycles. The molecule has 0 unspecified atom stereocenters. The number of amidine groups is 1. The number of hydrogen-bond acceptors (Lipinski definition) is 5. The van der Waals surface area contributed by atoms with Gasteiger partial charge in [0.15, 0.2) is 0 Å². The van der Waals surface area contributed by atoms with Crippen molar-refractivity contribution < 1.29 is 4.92 Å². The first-order valence-electron chi connectivity index (χ1n) is 7.04. The minimum atomic E-state index is -0.348. The molecular formula is C14H20ClN5O2. The van der Waals surface area contributed by atoms with Crippen LogP contribution in [0, 0.1) is 17.0 Å². The number of nitrogens with two attached hydrogens (primary N) is 1. The smallest absolute Gasteiger partial charge is 0.292 e. The van der Waals surface area contributed by atoms with Gasteiger partial charge in [0.1, 0.15) is 11.5 Å². The van der Waals surface area contributed by atoms with Gasteiger partial charge in [0.05, 0.1) is 16.5 Å². The lowest BCUT2D eigenvalue weighted by atomic mass is 10.1. The topological polar surface area (TPSA) is 88.0 Å². The minimum Gasteiger partial charge on any atom is -0.386 e. The quantitative estimate of drug-likeness (QED) is 0.300. The second-order valence-corrected chi connectivity index (χ2v) is 5.68. The van der Waals surface area contributed by atoms with Crippen LogP contribution >= 0.6 is 11.6 Å². The van der Waals surface area contributed by atoms with Crippen LogP contribution in [0.25, 0.3) is 0 Å². The van der Waals surface area contributed by atoms with Crippen molar-refractivity contribution in [2.24, 2.45) is 10.7 Å². The van der Waals surface area contributed by atoms with Crippen LogP contribution in [0.1, 0.15) is 5.56 Å². The molecule has 2 rings (SSSR count). The largest absolute Gasteiger partial charge is 0.386 e. The molecule has 1 aliphatic heterocycles. The van der Waals surface area contributed by atoms with Gasteiger partial charge in [-0.1, -0.05) is 0 Å². The number of halogens is 1. The Labute approximate surface area is 134 Å². The molecule has 7 nitrogen and oxygen atoms in total. The number of nitro groups is 1. The van der Waals surface area contributed by atoms with Crippen LogP contribution < -0.4 is 10.6 Å². The lowest BCUT2D eigenvalue weighted by molar-refractivity contribution is -0.384. The maximum atomic E-state index is 11.4. The maximum Gasteiger partial charge on any atom is 0.292 e. The second-order valence-electron chi connectivity index (χ2n) is 5.41. The molecule has 0 saturated carbocycles. The molecular weight excluding hydrogens is 306 g/mol. The van der Waals surface area contributed by atoms with Gasteiger partial charge in [0, 0.05) is 32.2 Å². The van der Waals surface area contributed by atoms with Gasteiger partial charge in [-0.15, -0.1) is 11.6 Å². The van der Waals surface area contributed by atoms with E-state index in [1.807, 2.05) is 11.9 Å². The molecule has 1 aliphatic rings. The fourth-order valence-electron chi connectivity index (χ4n) is 2.42. The number of benzene rings is 1. The van der Waals surface area contributed by atoms with Crippen molar-refractivity contribution >= 4 is 34.5 Å². The number of hydrogen-bond donors (Lipinski definition) is 1. The van der Waals surface area contributed by atoms with E-state index in [9.17, 15) is 10.1 Å². The van der Waals surface area contributed by atoms with Gasteiger partial charge < -0.3 is 15.5 Å². The predicted octanol–water partition coefficient (Wildman–Crippen LogP) is 1.88. The molecule has 1 saturated heterocycles. The summed E-state index contributed by atoms with van der Waals surface area (Å²) >= 11 is 5.66. The molecule has 120 valence electrons. The van der Waals surface area contributed by atoms with Gasteiger partial charge in [0.25, 0.3) is 5.69 Å². The van der Waals surface area contributed by atoms with Crippen LogP contribution in [0.3, 0.4) is 0 Å². The molecule has 8 heteroatoms. The highest BCUT2D eigenvalue weighted by Crippen LogP contribution is 2.35. The molecule has 0 spiro atoms. The Bertz CT molecular complexity index is 597. The van der Waals surface area contributed by atoms with Crippen LogP contribution in [0.15, 0.2) is 17.1 Å². The Morgan fingerprint density at radius 3 is 2.59 bits per heavy atom. The number of aliphatic imine (C=N–C) groups is 1. The van der Waals surface area contributed by atoms with Crippen molar-refractivity contribution in [3.63, 3.8) is 0 Å². The second kappa shape index (κ2) is 6.93. The van der Waals surface area contributed by atoms with Gasteiger partial charge in [-0.2, -0.15) is 0 Å². The number of aryl methyl sites for hydroxylation is 1. The highest BCUT2D eigenvalue weighted by molar-refractivity contribution is 6.28. The number of anilines is 1. The molecule has 2 N–H and O–H groups in total. The highest BCUT2D eigenvalue weighted by atomic mass is 35.5. The summed E-state index contributed by atoms with van der Waals surface area (Å²) in [5.41, 5.74) is 7.70. The molecule has 0 amide bonds. The molecule has 1 aromatic rings. The number of nitrogens with zero attached hydrogens (tertiary/aromatic N) is 4. The molecule has 0 bridgehead atoms. The highest BCUT2D eigenvalue weighted by Gasteiger charge is 2.24. The molecule has 0 atom stereocenters. The first-order valence-corrected chi connectivity index (χ1v) is 7.57. The lowest BCUT2D eigenvalue weighted by Crippen LogP contribution is -2.44. The van der Waals surface area contributed by atoms with Crippen LogP contribution in [0.4, 0.5) is 17.1 Å². The number of rotatable bonds is 4. The zero-order valence-corrected chi connectivity index (χ0v) is 13.5. The SMILES string of the molecule is Cc1cc([N+](=O)[O-])c(N2CCN(C)CC2)cc1N=C(N)CCl. The Balaban J connectivity index is 2.45. The fourth-order valence-corrected chi connectivity index (χ4v) is 2.48. The third-order valence-corrected chi connectivity index (χ3v) is 4.01. The van der Waals surface area contributed by atoms with Crippen LogP contribution in [-0.2, 0) is 0 Å². The Morgan fingerprint density at radius 2 is 2.05 bits per heavy atom. The molecule has 1 fully saturated rings. The van der Waals surface area contributed by atoms with Crippen LogP contribution in [0.2, 0.25) is 0 Å². The van der Waals surface area contributed by atoms with Gasteiger partial charge >= 0.3 is 0 Å². The van der Waals surface area contributed by atoms with E-state index in [1.54, 1.807) is 19.1 Å². The van der Waals surface area contributed by atoms with E-state index in [-0.39, 0.29) is 16.5 Å². The van der Waals surface area contributed by atoms with Crippen molar-refractivity contribution in [1.29, 1.82) is 0 Å². The van der Waals surface area contributed by atoms with Crippen molar-refractivity contribution in [3.8, 4) is 0 Å². The number of likely N-dealkylation sites (N-methyl/N-ethyl adjacent to an activating group) is 1. The maximum absolute atomic E-state index is 11.4. The minimum absolute atomic E-state index is 0.102. The predicted molar refractivity (Wildman–Crippen MR) is 89.5 cm³/mol. The van der Waals surface area contributed by atoms with E-state index in [0.29, 0.717) is 22.8 Å². The summed E-state index contributed by atoms with van der Waals surface area (Å²) in [5.74, 6) is 0.420. The molecule has 1 aromatic carbocycles. The standard InChI is InChI=1S/C14H20ClN5O2/c1-10-7-13(20(21)22)12(8-11(10)17-14(16)9-15)19-5-3-18(2)4-6-19/h7-8H,3-6,9H2,1-2H3,(H2,16,17). The number of piperazine rings is 1. The first-order chi connectivity index (χ1) is 10.4. The van der Waals surface area contributed by atoms with Crippen molar-refractivity contribution in [1.82, 2.24) is 4.90 Å². The summed E-state index contributed by atoms with van der Waals surface area (Å²) in [6, 6.07) is 3.28. The summed E-state index contributed by atoms with van der Waals surface area (Å²) in [6.07, 6.45) is 0. The van der Waals surface area contributed by atoms with E-state index >= 15 is 0 Å². The fraction of sp³-hybridized carbons (Fsp3) is 0.500. The zero-order chi connectivity index (χ0) is 16.3. The van der Waals surface area contributed by atoms with E-state index in [2.05, 4.69) is 9.89 Å². The van der Waals surface area contributed by atoms with Gasteiger partial charge in [-0.25, -0.2) is 4.99 Å². The van der Waals surface area contributed by atoms with Gasteiger partial charge in [-0.05, 0) is 25.6 Å².